The number of carbonyl (C=O) groups excluding carboxylic acids is 1. The number of H-pyrrole nitrogens is 2. The number of aromatic nitrogens is 6. The summed E-state index contributed by atoms with van der Waals surface area (Å²) in [6, 6.07) is 8.73. The third kappa shape index (κ3) is 4.23. The Kier molecular flexibility index (Phi) is 5.62. The van der Waals surface area contributed by atoms with Crippen molar-refractivity contribution in [2.24, 2.45) is 0 Å². The SMILES string of the molecule is COc1ccc(-c2cc3c(=O)[nH]nc(SCC(=O)Nc4cc(C)[nH]n4)n3n2)cc1OC. The van der Waals surface area contributed by atoms with E-state index in [0.717, 1.165) is 23.0 Å². The molecule has 4 aromatic rings. The normalized spacial score (nSPS) is 10.9. The lowest BCUT2D eigenvalue weighted by molar-refractivity contribution is -0.113. The fraction of sp³-hybridized carbons (Fsp3) is 0.211. The van der Waals surface area contributed by atoms with Crippen molar-refractivity contribution in [3.63, 3.8) is 0 Å². The zero-order chi connectivity index (χ0) is 22.0. The predicted molar refractivity (Wildman–Crippen MR) is 115 cm³/mol. The Morgan fingerprint density at radius 2 is 1.94 bits per heavy atom. The first kappa shape index (κ1) is 20.5. The molecule has 1 amide bonds. The molecule has 0 saturated carbocycles. The number of rotatable bonds is 7. The van der Waals surface area contributed by atoms with Crippen molar-refractivity contribution in [2.45, 2.75) is 12.1 Å². The van der Waals surface area contributed by atoms with Crippen LogP contribution >= 0.6 is 11.8 Å². The molecule has 160 valence electrons. The van der Waals surface area contributed by atoms with E-state index < -0.39 is 0 Å². The first-order valence-corrected chi connectivity index (χ1v) is 10.1. The highest BCUT2D eigenvalue weighted by atomic mass is 32.2. The average Bonchev–Trinajstić information content (AvgIpc) is 3.40. The van der Waals surface area contributed by atoms with E-state index in [2.05, 4.69) is 30.8 Å². The molecule has 31 heavy (non-hydrogen) atoms. The maximum absolute atomic E-state index is 12.3. The molecule has 3 heterocycles. The number of thioether (sulfide) groups is 1. The first-order chi connectivity index (χ1) is 15.0. The van der Waals surface area contributed by atoms with Crippen LogP contribution in [-0.4, -0.2) is 55.9 Å². The van der Waals surface area contributed by atoms with Gasteiger partial charge in [-0.15, -0.1) is 5.10 Å². The second kappa shape index (κ2) is 8.52. The maximum Gasteiger partial charge on any atom is 0.290 e. The largest absolute Gasteiger partial charge is 0.493 e. The second-order valence-corrected chi connectivity index (χ2v) is 7.45. The van der Waals surface area contributed by atoms with Gasteiger partial charge in [0.25, 0.3) is 5.56 Å². The summed E-state index contributed by atoms with van der Waals surface area (Å²) < 4.78 is 12.0. The zero-order valence-corrected chi connectivity index (χ0v) is 17.7. The van der Waals surface area contributed by atoms with E-state index >= 15 is 0 Å². The molecule has 0 spiro atoms. The molecule has 11 nitrogen and oxygen atoms in total. The molecule has 0 unspecified atom stereocenters. The Morgan fingerprint density at radius 3 is 2.65 bits per heavy atom. The number of benzene rings is 1. The molecule has 3 aromatic heterocycles. The van der Waals surface area contributed by atoms with Crippen LogP contribution in [0.25, 0.3) is 16.8 Å². The summed E-state index contributed by atoms with van der Waals surface area (Å²) in [6.07, 6.45) is 0. The van der Waals surface area contributed by atoms with Gasteiger partial charge in [0.15, 0.2) is 17.3 Å². The highest BCUT2D eigenvalue weighted by molar-refractivity contribution is 7.99. The molecule has 0 aliphatic carbocycles. The molecular formula is C19H19N7O4S. The van der Waals surface area contributed by atoms with Gasteiger partial charge >= 0.3 is 0 Å². The quantitative estimate of drug-likeness (QED) is 0.369. The number of aromatic amines is 2. The fourth-order valence-electron chi connectivity index (χ4n) is 2.91. The Morgan fingerprint density at radius 1 is 1.13 bits per heavy atom. The summed E-state index contributed by atoms with van der Waals surface area (Å²) >= 11 is 1.14. The van der Waals surface area contributed by atoms with Gasteiger partial charge in [0.1, 0.15) is 5.52 Å². The molecule has 0 aliphatic heterocycles. The van der Waals surface area contributed by atoms with Crippen molar-refractivity contribution in [3.8, 4) is 22.8 Å². The van der Waals surface area contributed by atoms with Crippen LogP contribution in [0.5, 0.6) is 11.5 Å². The van der Waals surface area contributed by atoms with Crippen LogP contribution in [0.1, 0.15) is 5.69 Å². The maximum atomic E-state index is 12.3. The van der Waals surface area contributed by atoms with Gasteiger partial charge in [0.05, 0.1) is 25.7 Å². The second-order valence-electron chi connectivity index (χ2n) is 6.50. The standard InChI is InChI=1S/C19H19N7O4S/c1-10-6-16(22-21-10)20-17(27)9-31-19-24-23-18(28)13-8-12(25-26(13)19)11-4-5-14(29-2)15(7-11)30-3/h4-8H,9H2,1-3H3,(H,23,28)(H2,20,21,22,27). The van der Waals surface area contributed by atoms with Crippen LogP contribution in [0.15, 0.2) is 40.3 Å². The number of ether oxygens (including phenoxy) is 2. The van der Waals surface area contributed by atoms with E-state index in [1.54, 1.807) is 38.5 Å². The van der Waals surface area contributed by atoms with Crippen LogP contribution in [0.2, 0.25) is 0 Å². The summed E-state index contributed by atoms with van der Waals surface area (Å²) in [5.41, 5.74) is 2.05. The monoisotopic (exact) mass is 441 g/mol. The minimum absolute atomic E-state index is 0.0611. The Hall–Kier alpha value is -3.80. The summed E-state index contributed by atoms with van der Waals surface area (Å²) in [7, 11) is 3.10. The molecule has 0 fully saturated rings. The topological polar surface area (TPSA) is 139 Å². The number of carbonyl (C=O) groups is 1. The Labute approximate surface area is 180 Å². The van der Waals surface area contributed by atoms with E-state index in [1.165, 1.54) is 4.52 Å². The number of anilines is 1. The smallest absolute Gasteiger partial charge is 0.290 e. The summed E-state index contributed by atoms with van der Waals surface area (Å²) in [6.45, 7) is 1.84. The molecule has 0 radical (unpaired) electrons. The van der Waals surface area contributed by atoms with Gasteiger partial charge in [0.2, 0.25) is 11.1 Å². The fourth-order valence-corrected chi connectivity index (χ4v) is 3.62. The van der Waals surface area contributed by atoms with E-state index in [1.807, 2.05) is 13.0 Å². The molecule has 0 saturated heterocycles. The van der Waals surface area contributed by atoms with Crippen LogP contribution in [0.4, 0.5) is 5.82 Å². The number of hydrogen-bond acceptors (Lipinski definition) is 8. The number of aryl methyl sites for hydroxylation is 1. The Bertz CT molecular complexity index is 1310. The predicted octanol–water partition coefficient (Wildman–Crippen LogP) is 1.86. The number of hydrogen-bond donors (Lipinski definition) is 3. The zero-order valence-electron chi connectivity index (χ0n) is 16.9. The third-order valence-corrected chi connectivity index (χ3v) is 5.29. The molecule has 3 N–H and O–H groups in total. The van der Waals surface area contributed by atoms with Crippen molar-refractivity contribution in [1.82, 2.24) is 30.0 Å². The van der Waals surface area contributed by atoms with Crippen molar-refractivity contribution >= 4 is 29.0 Å². The molecule has 0 atom stereocenters. The average molecular weight is 441 g/mol. The van der Waals surface area contributed by atoms with Gasteiger partial charge < -0.3 is 14.8 Å². The molecule has 0 aliphatic rings. The Balaban J connectivity index is 1.59. The van der Waals surface area contributed by atoms with E-state index in [9.17, 15) is 9.59 Å². The summed E-state index contributed by atoms with van der Waals surface area (Å²) in [5, 5.41) is 20.8. The van der Waals surface area contributed by atoms with Crippen LogP contribution in [0.3, 0.4) is 0 Å². The lowest BCUT2D eigenvalue weighted by Gasteiger charge is -2.08. The van der Waals surface area contributed by atoms with E-state index in [4.69, 9.17) is 9.47 Å². The third-order valence-electron chi connectivity index (χ3n) is 4.36. The van der Waals surface area contributed by atoms with Crippen LogP contribution in [-0.2, 0) is 4.79 Å². The first-order valence-electron chi connectivity index (χ1n) is 9.14. The minimum atomic E-state index is -0.389. The van der Waals surface area contributed by atoms with Crippen molar-refractivity contribution in [2.75, 3.05) is 25.3 Å². The highest BCUT2D eigenvalue weighted by Crippen LogP contribution is 2.32. The lowest BCUT2D eigenvalue weighted by atomic mass is 10.1. The minimum Gasteiger partial charge on any atom is -0.493 e. The van der Waals surface area contributed by atoms with Crippen LogP contribution in [0, 0.1) is 6.92 Å². The molecule has 12 heteroatoms. The van der Waals surface area contributed by atoms with Gasteiger partial charge in [-0.25, -0.2) is 9.61 Å². The van der Waals surface area contributed by atoms with E-state index in [0.29, 0.717) is 33.7 Å². The van der Waals surface area contributed by atoms with Crippen molar-refractivity contribution in [1.29, 1.82) is 0 Å². The molecule has 1 aromatic carbocycles. The van der Waals surface area contributed by atoms with Gasteiger partial charge in [0, 0.05) is 17.3 Å². The number of fused-ring (bicyclic) bond motifs is 1. The number of nitrogens with zero attached hydrogens (tertiary/aromatic N) is 4. The number of methoxy groups -OCH3 is 2. The van der Waals surface area contributed by atoms with Gasteiger partial charge in [-0.05, 0) is 31.2 Å². The number of amides is 1. The van der Waals surface area contributed by atoms with Gasteiger partial charge in [-0.2, -0.15) is 10.2 Å². The lowest BCUT2D eigenvalue weighted by Crippen LogP contribution is -2.17. The van der Waals surface area contributed by atoms with Crippen LogP contribution < -0.4 is 20.3 Å². The number of nitrogens with one attached hydrogen (secondary N) is 3. The molecular weight excluding hydrogens is 422 g/mol. The molecule has 0 bridgehead atoms. The summed E-state index contributed by atoms with van der Waals surface area (Å²) in [4.78, 5) is 24.5. The summed E-state index contributed by atoms with van der Waals surface area (Å²) in [5.74, 6) is 1.38. The molecule has 4 rings (SSSR count). The van der Waals surface area contributed by atoms with Gasteiger partial charge in [-0.1, -0.05) is 11.8 Å². The van der Waals surface area contributed by atoms with E-state index in [-0.39, 0.29) is 17.2 Å². The highest BCUT2D eigenvalue weighted by Gasteiger charge is 2.15. The van der Waals surface area contributed by atoms with Crippen molar-refractivity contribution < 1.29 is 14.3 Å². The van der Waals surface area contributed by atoms with Gasteiger partial charge in [-0.3, -0.25) is 14.7 Å². The van der Waals surface area contributed by atoms with Crippen molar-refractivity contribution in [3.05, 3.63) is 46.4 Å².